The van der Waals surface area contributed by atoms with Crippen LogP contribution in [0.2, 0.25) is 0 Å². The van der Waals surface area contributed by atoms with Crippen molar-refractivity contribution in [2.24, 2.45) is 0 Å². The van der Waals surface area contributed by atoms with E-state index in [9.17, 15) is 19.2 Å². The molecule has 1 rings (SSSR count). The van der Waals surface area contributed by atoms with Gasteiger partial charge in [-0.1, -0.05) is 24.8 Å². The molecule has 1 aromatic carbocycles. The molecule has 0 aliphatic carbocycles. The molecular weight excluding hydrogens is 372 g/mol. The summed E-state index contributed by atoms with van der Waals surface area (Å²) in [5.74, 6) is -1.44. The summed E-state index contributed by atoms with van der Waals surface area (Å²) in [6.07, 6.45) is 1.39. The van der Waals surface area contributed by atoms with E-state index >= 15 is 0 Å². The van der Waals surface area contributed by atoms with Crippen molar-refractivity contribution in [2.75, 3.05) is 13.2 Å². The number of aliphatic hydroxyl groups is 1. The van der Waals surface area contributed by atoms with Crippen molar-refractivity contribution in [3.63, 3.8) is 0 Å². The lowest BCUT2D eigenvalue weighted by molar-refractivity contribution is -0.126. The molecule has 1 unspecified atom stereocenters. The Balaban J connectivity index is 2.26. The Kier molecular flexibility index (Phi) is 10.2. The predicted molar refractivity (Wildman–Crippen MR) is 102 cm³/mol. The summed E-state index contributed by atoms with van der Waals surface area (Å²) >= 11 is 5.79. The first kappa shape index (κ1) is 22.7. The minimum absolute atomic E-state index is 0.00220. The zero-order chi connectivity index (χ0) is 20.2. The first-order chi connectivity index (χ1) is 12.9. The zero-order valence-electron chi connectivity index (χ0n) is 15.0. The van der Waals surface area contributed by atoms with E-state index < -0.39 is 17.1 Å². The van der Waals surface area contributed by atoms with Crippen molar-refractivity contribution in [3.05, 3.63) is 42.0 Å². The second-order valence-electron chi connectivity index (χ2n) is 5.90. The number of hydrogen-bond acceptors (Lipinski definition) is 6. The number of esters is 1. The normalized spacial score (nSPS) is 11.5. The molecule has 0 radical (unpaired) electrons. The Bertz CT molecular complexity index is 680. The van der Waals surface area contributed by atoms with E-state index in [0.717, 1.165) is 5.56 Å². The maximum absolute atomic E-state index is 11.9. The van der Waals surface area contributed by atoms with Gasteiger partial charge < -0.3 is 9.84 Å². The van der Waals surface area contributed by atoms with Gasteiger partial charge in [-0.3, -0.25) is 14.4 Å². The van der Waals surface area contributed by atoms with Crippen LogP contribution in [0.4, 0.5) is 0 Å². The van der Waals surface area contributed by atoms with Crippen LogP contribution in [-0.4, -0.2) is 47.0 Å². The number of benzene rings is 1. The molecule has 0 saturated heterocycles. The summed E-state index contributed by atoms with van der Waals surface area (Å²) in [6.45, 7) is 3.24. The first-order valence-corrected chi connectivity index (χ1v) is 9.01. The van der Waals surface area contributed by atoms with Gasteiger partial charge in [-0.05, 0) is 17.7 Å². The van der Waals surface area contributed by atoms with Gasteiger partial charge in [0.2, 0.25) is 0 Å². The fourth-order valence-electron chi connectivity index (χ4n) is 2.18. The van der Waals surface area contributed by atoms with Gasteiger partial charge in [0.15, 0.2) is 5.78 Å². The quantitative estimate of drug-likeness (QED) is 0.408. The molecule has 0 aliphatic heterocycles. The van der Waals surface area contributed by atoms with Crippen LogP contribution in [0.25, 0.3) is 6.08 Å². The third-order valence-corrected chi connectivity index (χ3v) is 4.19. The van der Waals surface area contributed by atoms with Crippen LogP contribution in [0.1, 0.15) is 48.0 Å². The lowest BCUT2D eigenvalue weighted by Gasteiger charge is -2.07. The summed E-state index contributed by atoms with van der Waals surface area (Å²) in [5.41, 5.74) is 1.26. The van der Waals surface area contributed by atoms with E-state index in [2.05, 4.69) is 6.58 Å². The van der Waals surface area contributed by atoms with Crippen LogP contribution < -0.4 is 0 Å². The molecule has 0 spiro atoms. The summed E-state index contributed by atoms with van der Waals surface area (Å²) in [4.78, 5) is 46.8. The molecule has 1 aromatic rings. The number of carbonyl (C=O) groups is 4. The van der Waals surface area contributed by atoms with Crippen molar-refractivity contribution >= 4 is 41.0 Å². The van der Waals surface area contributed by atoms with E-state index in [-0.39, 0.29) is 56.9 Å². The molecule has 6 nitrogen and oxygen atoms in total. The molecular formula is C20H23ClO6. The summed E-state index contributed by atoms with van der Waals surface area (Å²) in [6, 6.07) is 6.69. The van der Waals surface area contributed by atoms with Crippen LogP contribution in [0.3, 0.4) is 0 Å². The molecule has 0 saturated carbocycles. The van der Waals surface area contributed by atoms with Gasteiger partial charge in [0.05, 0.1) is 24.2 Å². The molecule has 0 bridgehead atoms. The number of rotatable bonds is 13. The van der Waals surface area contributed by atoms with Crippen LogP contribution in [0, 0.1) is 0 Å². The smallest absolute Gasteiger partial charge is 0.338 e. The van der Waals surface area contributed by atoms with E-state index in [0.29, 0.717) is 5.56 Å². The highest BCUT2D eigenvalue weighted by Crippen LogP contribution is 2.11. The Hall–Kier alpha value is -2.31. The third kappa shape index (κ3) is 8.75. The molecule has 0 heterocycles. The number of aliphatic hydroxyl groups excluding tert-OH is 1. The summed E-state index contributed by atoms with van der Waals surface area (Å²) in [7, 11) is 0. The molecule has 0 amide bonds. The second-order valence-corrected chi connectivity index (χ2v) is 6.43. The van der Waals surface area contributed by atoms with Gasteiger partial charge in [0.25, 0.3) is 0 Å². The van der Waals surface area contributed by atoms with Gasteiger partial charge in [-0.15, -0.1) is 11.6 Å². The Morgan fingerprint density at radius 2 is 1.67 bits per heavy atom. The molecule has 0 aromatic heterocycles. The summed E-state index contributed by atoms with van der Waals surface area (Å²) < 4.78 is 5.04. The highest BCUT2D eigenvalue weighted by molar-refractivity contribution is 6.32. The van der Waals surface area contributed by atoms with E-state index in [1.54, 1.807) is 30.3 Å². The largest absolute Gasteiger partial charge is 0.462 e. The molecule has 0 fully saturated rings. The minimum atomic E-state index is -0.979. The van der Waals surface area contributed by atoms with E-state index in [1.165, 1.54) is 0 Å². The fourth-order valence-corrected chi connectivity index (χ4v) is 2.46. The number of halogens is 1. The predicted octanol–water partition coefficient (Wildman–Crippen LogP) is 2.74. The third-order valence-electron chi connectivity index (χ3n) is 3.79. The molecule has 27 heavy (non-hydrogen) atoms. The summed E-state index contributed by atoms with van der Waals surface area (Å²) in [5, 5.41) is 7.69. The number of alkyl halides is 1. The number of ether oxygens (including phenoxy) is 1. The standard InChI is InChI=1S/C20H23ClO6/c1-2-14-3-5-15(6-4-14)20(26)27-12-10-16(23)7-8-17(24)13-18(21)19(25)9-11-22/h2-6,18,22H,1,7-13H2. The topological polar surface area (TPSA) is 97.7 Å². The van der Waals surface area contributed by atoms with Crippen molar-refractivity contribution in [1.29, 1.82) is 0 Å². The van der Waals surface area contributed by atoms with Gasteiger partial charge in [-0.25, -0.2) is 4.79 Å². The van der Waals surface area contributed by atoms with Crippen LogP contribution in [0.5, 0.6) is 0 Å². The fraction of sp³-hybridized carbons (Fsp3) is 0.400. The lowest BCUT2D eigenvalue weighted by atomic mass is 10.0. The molecule has 1 atom stereocenters. The minimum Gasteiger partial charge on any atom is -0.462 e. The average Bonchev–Trinajstić information content (AvgIpc) is 2.66. The number of carbonyl (C=O) groups excluding carboxylic acids is 4. The van der Waals surface area contributed by atoms with E-state index in [4.69, 9.17) is 21.4 Å². The maximum Gasteiger partial charge on any atom is 0.338 e. The van der Waals surface area contributed by atoms with E-state index in [1.807, 2.05) is 0 Å². The number of Topliss-reactive ketones (excluding diaryl/α,β-unsaturated/α-hetero) is 3. The lowest BCUT2D eigenvalue weighted by Crippen LogP contribution is -2.20. The Morgan fingerprint density at radius 1 is 1.04 bits per heavy atom. The van der Waals surface area contributed by atoms with Gasteiger partial charge >= 0.3 is 5.97 Å². The highest BCUT2D eigenvalue weighted by Gasteiger charge is 2.19. The van der Waals surface area contributed by atoms with Crippen molar-refractivity contribution < 1.29 is 29.0 Å². The monoisotopic (exact) mass is 394 g/mol. The van der Waals surface area contributed by atoms with Crippen LogP contribution in [0.15, 0.2) is 30.8 Å². The highest BCUT2D eigenvalue weighted by atomic mass is 35.5. The molecule has 7 heteroatoms. The Labute approximate surface area is 163 Å². The van der Waals surface area contributed by atoms with Crippen molar-refractivity contribution in [1.82, 2.24) is 0 Å². The molecule has 1 N–H and O–H groups in total. The Morgan fingerprint density at radius 3 is 2.26 bits per heavy atom. The van der Waals surface area contributed by atoms with Crippen molar-refractivity contribution in [3.8, 4) is 0 Å². The van der Waals surface area contributed by atoms with Gasteiger partial charge in [0.1, 0.15) is 11.6 Å². The zero-order valence-corrected chi connectivity index (χ0v) is 15.7. The van der Waals surface area contributed by atoms with Crippen molar-refractivity contribution in [2.45, 2.75) is 37.5 Å². The van der Waals surface area contributed by atoms with Crippen LogP contribution in [-0.2, 0) is 19.1 Å². The second kappa shape index (κ2) is 12.1. The average molecular weight is 395 g/mol. The maximum atomic E-state index is 11.9. The SMILES string of the molecule is C=Cc1ccc(C(=O)OCCC(=O)CCC(=O)CC(Cl)C(=O)CCO)cc1. The van der Waals surface area contributed by atoms with Crippen LogP contribution >= 0.6 is 11.6 Å². The van der Waals surface area contributed by atoms with Gasteiger partial charge in [-0.2, -0.15) is 0 Å². The number of hydrogen-bond donors (Lipinski definition) is 1. The molecule has 146 valence electrons. The van der Waals surface area contributed by atoms with Gasteiger partial charge in [0, 0.05) is 32.1 Å². The molecule has 0 aliphatic rings. The number of ketones is 3. The first-order valence-electron chi connectivity index (χ1n) is 8.58.